The molecule has 3 rings (SSSR count). The van der Waals surface area contributed by atoms with Crippen molar-refractivity contribution >= 4 is 17.1 Å². The van der Waals surface area contributed by atoms with Gasteiger partial charge in [-0.05, 0) is 25.0 Å². The SMILES string of the molecule is CCc1ccc(C(=O)CN2CCC(N3CCOCC3)C2)s1. The summed E-state index contributed by atoms with van der Waals surface area (Å²) in [4.78, 5) is 19.4. The van der Waals surface area contributed by atoms with E-state index in [-0.39, 0.29) is 5.78 Å². The second-order valence-electron chi connectivity index (χ2n) is 5.87. The zero-order valence-corrected chi connectivity index (χ0v) is 13.5. The molecule has 2 fully saturated rings. The van der Waals surface area contributed by atoms with E-state index in [1.54, 1.807) is 11.3 Å². The number of carbonyl (C=O) groups is 1. The maximum atomic E-state index is 12.3. The molecule has 21 heavy (non-hydrogen) atoms. The van der Waals surface area contributed by atoms with Crippen LogP contribution in [0.2, 0.25) is 0 Å². The number of Topliss-reactive ketones (excluding diaryl/α,β-unsaturated/α-hetero) is 1. The minimum absolute atomic E-state index is 0.280. The third-order valence-electron chi connectivity index (χ3n) is 4.46. The molecule has 5 heteroatoms. The minimum atomic E-state index is 0.280. The first-order valence-electron chi connectivity index (χ1n) is 7.92. The van der Waals surface area contributed by atoms with Crippen molar-refractivity contribution in [3.63, 3.8) is 0 Å². The Morgan fingerprint density at radius 1 is 1.33 bits per heavy atom. The van der Waals surface area contributed by atoms with Gasteiger partial charge in [0.05, 0.1) is 24.6 Å². The molecule has 2 aliphatic heterocycles. The van der Waals surface area contributed by atoms with Crippen LogP contribution in [0.25, 0.3) is 0 Å². The normalized spacial score (nSPS) is 24.5. The number of aryl methyl sites for hydroxylation is 1. The summed E-state index contributed by atoms with van der Waals surface area (Å²) in [5.41, 5.74) is 0. The second-order valence-corrected chi connectivity index (χ2v) is 7.04. The van der Waals surface area contributed by atoms with Crippen LogP contribution in [0.4, 0.5) is 0 Å². The van der Waals surface area contributed by atoms with E-state index < -0.39 is 0 Å². The summed E-state index contributed by atoms with van der Waals surface area (Å²) in [5, 5.41) is 0. The van der Waals surface area contributed by atoms with Gasteiger partial charge in [0.2, 0.25) is 0 Å². The number of ether oxygens (including phenoxy) is 1. The Labute approximate surface area is 130 Å². The summed E-state index contributed by atoms with van der Waals surface area (Å²) in [6, 6.07) is 4.68. The van der Waals surface area contributed by atoms with Gasteiger partial charge in [-0.1, -0.05) is 6.92 Å². The van der Waals surface area contributed by atoms with E-state index in [4.69, 9.17) is 4.74 Å². The minimum Gasteiger partial charge on any atom is -0.379 e. The van der Waals surface area contributed by atoms with Crippen molar-refractivity contribution in [2.24, 2.45) is 0 Å². The Morgan fingerprint density at radius 2 is 2.14 bits per heavy atom. The summed E-state index contributed by atoms with van der Waals surface area (Å²) in [5.74, 6) is 0.280. The number of hydrogen-bond donors (Lipinski definition) is 0. The van der Waals surface area contributed by atoms with Crippen LogP contribution in [0.3, 0.4) is 0 Å². The molecule has 116 valence electrons. The monoisotopic (exact) mass is 308 g/mol. The smallest absolute Gasteiger partial charge is 0.186 e. The predicted molar refractivity (Wildman–Crippen MR) is 85.3 cm³/mol. The van der Waals surface area contributed by atoms with E-state index >= 15 is 0 Å². The molecule has 1 unspecified atom stereocenters. The topological polar surface area (TPSA) is 32.8 Å². The van der Waals surface area contributed by atoms with Gasteiger partial charge in [0.15, 0.2) is 5.78 Å². The van der Waals surface area contributed by atoms with Gasteiger partial charge in [-0.3, -0.25) is 14.6 Å². The number of thiophene rings is 1. The largest absolute Gasteiger partial charge is 0.379 e. The Balaban J connectivity index is 1.50. The molecule has 0 radical (unpaired) electrons. The van der Waals surface area contributed by atoms with Gasteiger partial charge in [0.25, 0.3) is 0 Å². The molecule has 2 aliphatic rings. The highest BCUT2D eigenvalue weighted by atomic mass is 32.1. The number of hydrogen-bond acceptors (Lipinski definition) is 5. The fraction of sp³-hybridized carbons (Fsp3) is 0.688. The molecule has 0 bridgehead atoms. The van der Waals surface area contributed by atoms with Crippen molar-refractivity contribution in [1.29, 1.82) is 0 Å². The molecule has 2 saturated heterocycles. The van der Waals surface area contributed by atoms with Crippen molar-refractivity contribution in [2.45, 2.75) is 25.8 Å². The lowest BCUT2D eigenvalue weighted by Crippen LogP contribution is -2.45. The highest BCUT2D eigenvalue weighted by Crippen LogP contribution is 2.20. The van der Waals surface area contributed by atoms with E-state index in [0.717, 1.165) is 50.7 Å². The third-order valence-corrected chi connectivity index (χ3v) is 5.73. The first kappa shape index (κ1) is 15.2. The quantitative estimate of drug-likeness (QED) is 0.778. The van der Waals surface area contributed by atoms with Crippen molar-refractivity contribution in [3.8, 4) is 0 Å². The van der Waals surface area contributed by atoms with Gasteiger partial charge >= 0.3 is 0 Å². The molecule has 3 heterocycles. The van der Waals surface area contributed by atoms with Crippen LogP contribution in [0, 0.1) is 0 Å². The second kappa shape index (κ2) is 7.01. The molecule has 0 aliphatic carbocycles. The van der Waals surface area contributed by atoms with Gasteiger partial charge in [0.1, 0.15) is 0 Å². The Morgan fingerprint density at radius 3 is 2.86 bits per heavy atom. The van der Waals surface area contributed by atoms with Gasteiger partial charge in [-0.2, -0.15) is 0 Å². The maximum absolute atomic E-state index is 12.3. The Bertz CT molecular complexity index is 482. The molecule has 0 aromatic carbocycles. The molecule has 4 nitrogen and oxygen atoms in total. The fourth-order valence-electron chi connectivity index (χ4n) is 3.20. The van der Waals surface area contributed by atoms with E-state index in [9.17, 15) is 4.79 Å². The van der Waals surface area contributed by atoms with Crippen molar-refractivity contribution in [2.75, 3.05) is 45.9 Å². The molecular formula is C16H24N2O2S. The molecule has 0 amide bonds. The predicted octanol–water partition coefficient (Wildman–Crippen LogP) is 1.90. The highest BCUT2D eigenvalue weighted by molar-refractivity contribution is 7.14. The first-order chi connectivity index (χ1) is 10.3. The fourth-order valence-corrected chi connectivity index (χ4v) is 4.07. The number of nitrogens with zero attached hydrogens (tertiary/aromatic N) is 2. The molecule has 0 saturated carbocycles. The van der Waals surface area contributed by atoms with Crippen molar-refractivity contribution in [1.82, 2.24) is 9.80 Å². The van der Waals surface area contributed by atoms with Crippen LogP contribution in [-0.4, -0.2) is 67.6 Å². The number of likely N-dealkylation sites (tertiary alicyclic amines) is 1. The number of rotatable bonds is 5. The number of morpholine rings is 1. The molecule has 1 atom stereocenters. The summed E-state index contributed by atoms with van der Waals surface area (Å²) in [7, 11) is 0. The summed E-state index contributed by atoms with van der Waals surface area (Å²) >= 11 is 1.65. The van der Waals surface area contributed by atoms with Gasteiger partial charge in [0, 0.05) is 37.1 Å². The number of carbonyl (C=O) groups excluding carboxylic acids is 1. The van der Waals surface area contributed by atoms with Gasteiger partial charge < -0.3 is 4.74 Å². The van der Waals surface area contributed by atoms with Crippen LogP contribution in [0.15, 0.2) is 12.1 Å². The Kier molecular flexibility index (Phi) is 5.06. The standard InChI is InChI=1S/C16H24N2O2S/c1-2-14-3-4-16(21-14)15(19)12-17-6-5-13(11-17)18-7-9-20-10-8-18/h3-4,13H,2,5-12H2,1H3. The first-order valence-corrected chi connectivity index (χ1v) is 8.74. The lowest BCUT2D eigenvalue weighted by molar-refractivity contribution is 0.0185. The van der Waals surface area contributed by atoms with E-state index in [2.05, 4.69) is 22.8 Å². The number of ketones is 1. The van der Waals surface area contributed by atoms with E-state index in [0.29, 0.717) is 12.6 Å². The molecule has 0 spiro atoms. The van der Waals surface area contributed by atoms with E-state index in [1.807, 2.05) is 6.07 Å². The van der Waals surface area contributed by atoms with Gasteiger partial charge in [-0.15, -0.1) is 11.3 Å². The molecular weight excluding hydrogens is 284 g/mol. The molecule has 0 N–H and O–H groups in total. The van der Waals surface area contributed by atoms with E-state index in [1.165, 1.54) is 11.3 Å². The van der Waals surface area contributed by atoms with Gasteiger partial charge in [-0.25, -0.2) is 0 Å². The lowest BCUT2D eigenvalue weighted by Gasteiger charge is -2.32. The molecule has 1 aromatic rings. The van der Waals surface area contributed by atoms with Crippen molar-refractivity contribution < 1.29 is 9.53 Å². The van der Waals surface area contributed by atoms with Crippen LogP contribution in [0.5, 0.6) is 0 Å². The van der Waals surface area contributed by atoms with Crippen LogP contribution >= 0.6 is 11.3 Å². The zero-order chi connectivity index (χ0) is 14.7. The third kappa shape index (κ3) is 3.72. The summed E-state index contributed by atoms with van der Waals surface area (Å²) in [6.07, 6.45) is 2.19. The zero-order valence-electron chi connectivity index (χ0n) is 12.7. The van der Waals surface area contributed by atoms with Crippen LogP contribution in [0.1, 0.15) is 27.9 Å². The maximum Gasteiger partial charge on any atom is 0.186 e. The average molecular weight is 308 g/mol. The average Bonchev–Trinajstić information content (AvgIpc) is 3.17. The highest BCUT2D eigenvalue weighted by Gasteiger charge is 2.29. The lowest BCUT2D eigenvalue weighted by atomic mass is 10.2. The Hall–Kier alpha value is -0.750. The summed E-state index contributed by atoms with van der Waals surface area (Å²) in [6.45, 7) is 8.55. The summed E-state index contributed by atoms with van der Waals surface area (Å²) < 4.78 is 5.41. The van der Waals surface area contributed by atoms with Crippen LogP contribution < -0.4 is 0 Å². The van der Waals surface area contributed by atoms with Crippen LogP contribution in [-0.2, 0) is 11.2 Å². The van der Waals surface area contributed by atoms with Crippen molar-refractivity contribution in [3.05, 3.63) is 21.9 Å². The molecule has 1 aromatic heterocycles.